The number of fused-ring (bicyclic) bond motifs is 1. The van der Waals surface area contributed by atoms with Gasteiger partial charge in [0.1, 0.15) is 17.3 Å². The molecule has 1 N–H and O–H groups in total. The third kappa shape index (κ3) is 3.12. The van der Waals surface area contributed by atoms with Crippen LogP contribution in [0.1, 0.15) is 30.1 Å². The molecule has 0 bridgehead atoms. The van der Waals surface area contributed by atoms with Crippen LogP contribution >= 0.6 is 11.6 Å². The van der Waals surface area contributed by atoms with E-state index >= 15 is 0 Å². The van der Waals surface area contributed by atoms with Gasteiger partial charge in [-0.05, 0) is 37.1 Å². The normalized spacial score (nSPS) is 13.9. The number of furan rings is 1. The first-order valence-corrected chi connectivity index (χ1v) is 8.76. The van der Waals surface area contributed by atoms with Crippen molar-refractivity contribution in [2.24, 2.45) is 0 Å². The van der Waals surface area contributed by atoms with Crippen LogP contribution in [0.5, 0.6) is 0 Å². The van der Waals surface area contributed by atoms with Crippen LogP contribution in [0.15, 0.2) is 47.0 Å². The van der Waals surface area contributed by atoms with Gasteiger partial charge in [0, 0.05) is 31.3 Å². The van der Waals surface area contributed by atoms with Crippen molar-refractivity contribution in [2.45, 2.75) is 38.9 Å². The van der Waals surface area contributed by atoms with E-state index in [0.717, 1.165) is 36.6 Å². The quantitative estimate of drug-likeness (QED) is 0.747. The summed E-state index contributed by atoms with van der Waals surface area (Å²) in [7, 11) is 0. The largest absolute Gasteiger partial charge is 0.460 e. The Balaban J connectivity index is 1.39. The average molecular weight is 342 g/mol. The van der Waals surface area contributed by atoms with Gasteiger partial charge in [0.2, 0.25) is 0 Å². The summed E-state index contributed by atoms with van der Waals surface area (Å²) in [5, 5.41) is 4.15. The predicted molar refractivity (Wildman–Crippen MR) is 94.9 cm³/mol. The molecular weight excluding hydrogens is 322 g/mol. The highest BCUT2D eigenvalue weighted by Crippen LogP contribution is 2.29. The van der Waals surface area contributed by atoms with E-state index in [1.807, 2.05) is 42.6 Å². The van der Waals surface area contributed by atoms with Gasteiger partial charge in [0.25, 0.3) is 0 Å². The van der Waals surface area contributed by atoms with Gasteiger partial charge in [0.15, 0.2) is 0 Å². The van der Waals surface area contributed by atoms with Crippen molar-refractivity contribution < 1.29 is 4.42 Å². The second-order valence-electron chi connectivity index (χ2n) is 6.12. The topological polar surface area (TPSA) is 43.0 Å². The second-order valence-corrected chi connectivity index (χ2v) is 6.53. The summed E-state index contributed by atoms with van der Waals surface area (Å²) in [6, 6.07) is 11.7. The molecule has 1 aromatic carbocycles. The number of aryl methyl sites for hydroxylation is 1. The van der Waals surface area contributed by atoms with Crippen LogP contribution < -0.4 is 5.32 Å². The summed E-state index contributed by atoms with van der Waals surface area (Å²) >= 11 is 6.22. The van der Waals surface area contributed by atoms with Crippen LogP contribution in [-0.4, -0.2) is 9.55 Å². The lowest BCUT2D eigenvalue weighted by Crippen LogP contribution is -2.18. The number of imidazole rings is 1. The van der Waals surface area contributed by atoms with Gasteiger partial charge in [-0.3, -0.25) is 0 Å². The van der Waals surface area contributed by atoms with Crippen molar-refractivity contribution in [2.75, 3.05) is 0 Å². The standard InChI is InChI=1S/C19H20ClN3O/c20-17-6-2-1-5-16(17)18-9-8-15(24-18)13-21-11-14-12-22-19-7-3-4-10-23(14)19/h1-2,5-6,8-9,12,21H,3-4,7,10-11,13H2. The minimum atomic E-state index is 0.685. The Bertz CT molecular complexity index is 837. The van der Waals surface area contributed by atoms with E-state index in [4.69, 9.17) is 16.0 Å². The number of hydrogen-bond acceptors (Lipinski definition) is 3. The zero-order valence-electron chi connectivity index (χ0n) is 13.5. The number of hydrogen-bond donors (Lipinski definition) is 1. The van der Waals surface area contributed by atoms with E-state index in [1.54, 1.807) is 0 Å². The first-order valence-electron chi connectivity index (χ1n) is 8.39. The minimum Gasteiger partial charge on any atom is -0.460 e. The molecule has 24 heavy (non-hydrogen) atoms. The molecule has 0 atom stereocenters. The minimum absolute atomic E-state index is 0.685. The number of halogens is 1. The van der Waals surface area contributed by atoms with Crippen molar-refractivity contribution in [3.05, 3.63) is 64.9 Å². The maximum Gasteiger partial charge on any atom is 0.135 e. The van der Waals surface area contributed by atoms with Crippen LogP contribution in [0.2, 0.25) is 5.02 Å². The van der Waals surface area contributed by atoms with Crippen LogP contribution in [0, 0.1) is 0 Å². The van der Waals surface area contributed by atoms with E-state index in [1.165, 1.54) is 24.4 Å². The number of nitrogens with one attached hydrogen (secondary N) is 1. The lowest BCUT2D eigenvalue weighted by molar-refractivity contribution is 0.475. The summed E-state index contributed by atoms with van der Waals surface area (Å²) in [5.74, 6) is 2.93. The number of rotatable bonds is 5. The van der Waals surface area contributed by atoms with Gasteiger partial charge in [-0.15, -0.1) is 0 Å². The molecule has 0 saturated carbocycles. The summed E-state index contributed by atoms with van der Waals surface area (Å²) in [6.07, 6.45) is 5.58. The summed E-state index contributed by atoms with van der Waals surface area (Å²) in [4.78, 5) is 4.52. The molecular formula is C19H20ClN3O. The molecule has 5 heteroatoms. The summed E-state index contributed by atoms with van der Waals surface area (Å²) < 4.78 is 8.25. The Morgan fingerprint density at radius 3 is 2.96 bits per heavy atom. The Morgan fingerprint density at radius 2 is 2.04 bits per heavy atom. The van der Waals surface area contributed by atoms with E-state index in [2.05, 4.69) is 14.9 Å². The van der Waals surface area contributed by atoms with E-state index in [-0.39, 0.29) is 0 Å². The van der Waals surface area contributed by atoms with Gasteiger partial charge in [-0.2, -0.15) is 0 Å². The van der Waals surface area contributed by atoms with Crippen LogP contribution in [-0.2, 0) is 26.1 Å². The molecule has 4 rings (SSSR count). The maximum atomic E-state index is 6.22. The SMILES string of the molecule is Clc1ccccc1-c1ccc(CNCc2cnc3n2CCCC3)o1. The maximum absolute atomic E-state index is 6.22. The lowest BCUT2D eigenvalue weighted by Gasteiger charge is -2.16. The van der Waals surface area contributed by atoms with E-state index < -0.39 is 0 Å². The zero-order valence-corrected chi connectivity index (χ0v) is 14.2. The van der Waals surface area contributed by atoms with Crippen molar-refractivity contribution >= 4 is 11.6 Å². The van der Waals surface area contributed by atoms with Crippen molar-refractivity contribution in [1.82, 2.24) is 14.9 Å². The predicted octanol–water partition coefficient (Wildman–Crippen LogP) is 4.42. The highest BCUT2D eigenvalue weighted by atomic mass is 35.5. The Kier molecular flexibility index (Phi) is 4.41. The first-order chi connectivity index (χ1) is 11.8. The Morgan fingerprint density at radius 1 is 1.12 bits per heavy atom. The van der Waals surface area contributed by atoms with Crippen molar-refractivity contribution in [3.8, 4) is 11.3 Å². The first kappa shape index (κ1) is 15.5. The molecule has 0 fully saturated rings. The summed E-state index contributed by atoms with van der Waals surface area (Å²) in [6.45, 7) is 2.57. The highest BCUT2D eigenvalue weighted by molar-refractivity contribution is 6.33. The lowest BCUT2D eigenvalue weighted by atomic mass is 10.1. The fourth-order valence-corrected chi connectivity index (χ4v) is 3.44. The number of nitrogens with zero attached hydrogens (tertiary/aromatic N) is 2. The number of benzene rings is 1. The van der Waals surface area contributed by atoms with Crippen molar-refractivity contribution in [1.29, 1.82) is 0 Å². The molecule has 2 aromatic heterocycles. The van der Waals surface area contributed by atoms with Gasteiger partial charge < -0.3 is 14.3 Å². The average Bonchev–Trinajstić information content (AvgIpc) is 3.23. The van der Waals surface area contributed by atoms with Crippen LogP contribution in [0.25, 0.3) is 11.3 Å². The molecule has 0 amide bonds. The third-order valence-corrected chi connectivity index (χ3v) is 4.79. The van der Waals surface area contributed by atoms with Crippen LogP contribution in [0.4, 0.5) is 0 Å². The van der Waals surface area contributed by atoms with E-state index in [0.29, 0.717) is 11.6 Å². The van der Waals surface area contributed by atoms with Crippen molar-refractivity contribution in [3.63, 3.8) is 0 Å². The Labute approximate surface area is 146 Å². The molecule has 3 heterocycles. The molecule has 0 aliphatic carbocycles. The third-order valence-electron chi connectivity index (χ3n) is 4.46. The molecule has 0 saturated heterocycles. The van der Waals surface area contributed by atoms with Gasteiger partial charge in [-0.25, -0.2) is 4.98 Å². The zero-order chi connectivity index (χ0) is 16.4. The second kappa shape index (κ2) is 6.83. The summed E-state index contributed by atoms with van der Waals surface area (Å²) in [5.41, 5.74) is 2.18. The molecule has 4 nitrogen and oxygen atoms in total. The fourth-order valence-electron chi connectivity index (χ4n) is 3.21. The molecule has 0 unspecified atom stereocenters. The molecule has 0 radical (unpaired) electrons. The smallest absolute Gasteiger partial charge is 0.135 e. The highest BCUT2D eigenvalue weighted by Gasteiger charge is 2.14. The molecule has 124 valence electrons. The molecule has 1 aliphatic rings. The fraction of sp³-hybridized carbons (Fsp3) is 0.316. The number of aromatic nitrogens is 2. The van der Waals surface area contributed by atoms with Gasteiger partial charge in [0.05, 0.1) is 17.3 Å². The Hall–Kier alpha value is -2.04. The van der Waals surface area contributed by atoms with Gasteiger partial charge in [-0.1, -0.05) is 23.7 Å². The van der Waals surface area contributed by atoms with E-state index in [9.17, 15) is 0 Å². The monoisotopic (exact) mass is 341 g/mol. The molecule has 0 spiro atoms. The molecule has 3 aromatic rings. The van der Waals surface area contributed by atoms with Gasteiger partial charge >= 0.3 is 0 Å². The molecule has 1 aliphatic heterocycles. The van der Waals surface area contributed by atoms with Crippen LogP contribution in [0.3, 0.4) is 0 Å².